The van der Waals surface area contributed by atoms with Gasteiger partial charge in [0.25, 0.3) is 0 Å². The Labute approximate surface area is 243 Å². The second-order valence-electron chi connectivity index (χ2n) is 9.98. The zero-order chi connectivity index (χ0) is 29.1. The number of ketones is 1. The highest BCUT2D eigenvalue weighted by Gasteiger charge is 2.42. The molecule has 2 aromatic rings. The van der Waals surface area contributed by atoms with Crippen LogP contribution in [0.15, 0.2) is 57.3 Å². The Morgan fingerprint density at radius 3 is 2.23 bits per heavy atom. The Bertz CT molecular complexity index is 1380. The van der Waals surface area contributed by atoms with Crippen LogP contribution < -0.4 is 24.3 Å². The van der Waals surface area contributed by atoms with E-state index in [1.54, 1.807) is 34.5 Å². The molecule has 40 heavy (non-hydrogen) atoms. The number of carbonyl (C=O) groups is 2. The maximum Gasteiger partial charge on any atom is 0.337 e. The number of hydrogen-bond donors (Lipinski definition) is 1. The minimum Gasteiger partial charge on any atom is -0.493 e. The Balaban J connectivity index is 1.84. The van der Waals surface area contributed by atoms with Gasteiger partial charge in [0.2, 0.25) is 0 Å². The van der Waals surface area contributed by atoms with E-state index in [2.05, 4.69) is 21.2 Å². The number of Topliss-reactive ketones (excluding diaryl/α,β-unsaturated/α-hetero) is 1. The number of hydrogen-bond acceptors (Lipinski definition) is 8. The van der Waals surface area contributed by atoms with Gasteiger partial charge in [-0.2, -0.15) is 0 Å². The van der Waals surface area contributed by atoms with Gasteiger partial charge in [-0.15, -0.1) is 0 Å². The fraction of sp³-hybridized carbons (Fsp3) is 0.419. The summed E-state index contributed by atoms with van der Waals surface area (Å²) in [7, 11) is 6.31. The average molecular weight is 615 g/mol. The van der Waals surface area contributed by atoms with Gasteiger partial charge in [-0.25, -0.2) is 4.79 Å². The molecule has 3 atom stereocenters. The molecule has 0 saturated heterocycles. The van der Waals surface area contributed by atoms with Crippen molar-refractivity contribution in [2.75, 3.05) is 28.4 Å². The molecule has 0 fully saturated rings. The molecule has 0 unspecified atom stereocenters. The van der Waals surface area contributed by atoms with Gasteiger partial charge < -0.3 is 29.0 Å². The highest BCUT2D eigenvalue weighted by atomic mass is 79.9. The van der Waals surface area contributed by atoms with E-state index in [9.17, 15) is 9.59 Å². The van der Waals surface area contributed by atoms with Gasteiger partial charge in [-0.1, -0.05) is 28.9 Å². The minimum atomic E-state index is -0.652. The molecule has 1 aliphatic heterocycles. The summed E-state index contributed by atoms with van der Waals surface area (Å²) in [4.78, 5) is 27.6. The molecule has 0 aromatic heterocycles. The van der Waals surface area contributed by atoms with Crippen LogP contribution in [0.4, 0.5) is 0 Å². The van der Waals surface area contributed by atoms with E-state index >= 15 is 0 Å². The van der Waals surface area contributed by atoms with Gasteiger partial charge in [-0.3, -0.25) is 4.79 Å². The van der Waals surface area contributed by atoms with Crippen molar-refractivity contribution < 1.29 is 33.3 Å². The molecule has 9 heteroatoms. The van der Waals surface area contributed by atoms with E-state index in [0.29, 0.717) is 57.2 Å². The van der Waals surface area contributed by atoms with Crippen LogP contribution in [0.25, 0.3) is 0 Å². The van der Waals surface area contributed by atoms with Gasteiger partial charge in [0.15, 0.2) is 28.8 Å². The number of rotatable bonds is 9. The van der Waals surface area contributed by atoms with Crippen LogP contribution in [-0.2, 0) is 14.3 Å². The third-order valence-electron chi connectivity index (χ3n) is 7.62. The highest BCUT2D eigenvalue weighted by Crippen LogP contribution is 2.49. The fourth-order valence-corrected chi connectivity index (χ4v) is 5.94. The summed E-state index contributed by atoms with van der Waals surface area (Å²) in [6.07, 6.45) is 1.28. The topological polar surface area (TPSA) is 92.3 Å². The maximum atomic E-state index is 14.0. The summed E-state index contributed by atoms with van der Waals surface area (Å²) in [5.74, 6) is 1.06. The normalized spacial score (nSPS) is 19.4. The first-order valence-electron chi connectivity index (χ1n) is 13.3. The Morgan fingerprint density at radius 1 is 0.975 bits per heavy atom. The Morgan fingerprint density at radius 2 is 1.60 bits per heavy atom. The summed E-state index contributed by atoms with van der Waals surface area (Å²) in [6, 6.07) is 9.36. The Kier molecular flexibility index (Phi) is 9.13. The first-order chi connectivity index (χ1) is 19.2. The predicted molar refractivity (Wildman–Crippen MR) is 155 cm³/mol. The lowest BCUT2D eigenvalue weighted by Crippen LogP contribution is -2.36. The molecule has 1 heterocycles. The zero-order valence-corrected chi connectivity index (χ0v) is 25.6. The number of benzene rings is 2. The van der Waals surface area contributed by atoms with Crippen molar-refractivity contribution >= 4 is 27.7 Å². The van der Waals surface area contributed by atoms with Crippen molar-refractivity contribution in [2.45, 2.75) is 58.0 Å². The molecular formula is C31H36BrNO7. The fourth-order valence-electron chi connectivity index (χ4n) is 5.38. The number of esters is 1. The molecule has 0 spiro atoms. The van der Waals surface area contributed by atoms with Crippen molar-refractivity contribution in [1.29, 1.82) is 0 Å². The molecular weight excluding hydrogens is 578 g/mol. The van der Waals surface area contributed by atoms with Crippen LogP contribution in [0, 0.1) is 0 Å². The summed E-state index contributed by atoms with van der Waals surface area (Å²) in [5.41, 5.74) is 4.11. The van der Waals surface area contributed by atoms with Crippen LogP contribution in [0.5, 0.6) is 23.0 Å². The maximum absolute atomic E-state index is 14.0. The van der Waals surface area contributed by atoms with Crippen LogP contribution in [-0.4, -0.2) is 46.3 Å². The SMILES string of the molecule is CC[C@H](C)OC(=O)C1=C(C)NC2=C(C(=O)C[C@@H](c3ccc(OC)c(OC)c3)C2)[C@@H]1c1cc(OC)c(OC)cc1Br. The molecule has 2 aliphatic rings. The smallest absolute Gasteiger partial charge is 0.337 e. The molecule has 1 N–H and O–H groups in total. The van der Waals surface area contributed by atoms with E-state index in [4.69, 9.17) is 23.7 Å². The number of ether oxygens (including phenoxy) is 5. The summed E-state index contributed by atoms with van der Waals surface area (Å²) >= 11 is 3.67. The van der Waals surface area contributed by atoms with Gasteiger partial charge in [-0.05, 0) is 68.0 Å². The standard InChI is InChI=1S/C31H36BrNO7/c1-8-16(2)40-31(35)28-17(3)33-22-11-19(18-9-10-24(36-4)25(13-18)37-5)12-23(34)30(22)29(28)20-14-26(38-6)27(39-7)15-21(20)32/h9-10,13-16,19,29,33H,8,11-12H2,1-7H3/t16-,19-,29+/m0/s1. The number of nitrogens with one attached hydrogen (secondary N) is 1. The third-order valence-corrected chi connectivity index (χ3v) is 8.31. The summed E-state index contributed by atoms with van der Waals surface area (Å²) < 4.78 is 28.4. The van der Waals surface area contributed by atoms with Gasteiger partial charge >= 0.3 is 5.97 Å². The lowest BCUT2D eigenvalue weighted by atomic mass is 9.71. The van der Waals surface area contributed by atoms with Crippen molar-refractivity contribution in [1.82, 2.24) is 5.32 Å². The van der Waals surface area contributed by atoms with E-state index < -0.39 is 11.9 Å². The van der Waals surface area contributed by atoms with Crippen molar-refractivity contribution in [2.24, 2.45) is 0 Å². The molecule has 2 aromatic carbocycles. The van der Waals surface area contributed by atoms with E-state index in [1.165, 1.54) is 0 Å². The predicted octanol–water partition coefficient (Wildman–Crippen LogP) is 6.19. The number of allylic oxidation sites excluding steroid dienone is 3. The minimum absolute atomic E-state index is 0.0402. The third kappa shape index (κ3) is 5.57. The number of carbonyl (C=O) groups excluding carboxylic acids is 2. The molecule has 0 saturated carbocycles. The highest BCUT2D eigenvalue weighted by molar-refractivity contribution is 9.10. The van der Waals surface area contributed by atoms with Crippen molar-refractivity contribution in [3.05, 3.63) is 68.5 Å². The number of halogens is 1. The largest absolute Gasteiger partial charge is 0.493 e. The first-order valence-corrected chi connectivity index (χ1v) is 14.0. The van der Waals surface area contributed by atoms with Gasteiger partial charge in [0.05, 0.1) is 40.1 Å². The summed E-state index contributed by atoms with van der Waals surface area (Å²) in [6.45, 7) is 5.67. The first kappa shape index (κ1) is 29.5. The molecule has 214 valence electrons. The molecule has 1 aliphatic carbocycles. The molecule has 4 rings (SSSR count). The molecule has 0 radical (unpaired) electrons. The lowest BCUT2D eigenvalue weighted by Gasteiger charge is -2.37. The van der Waals surface area contributed by atoms with Crippen molar-refractivity contribution in [3.63, 3.8) is 0 Å². The van der Waals surface area contributed by atoms with Crippen LogP contribution >= 0.6 is 15.9 Å². The van der Waals surface area contributed by atoms with Crippen LogP contribution in [0.2, 0.25) is 0 Å². The van der Waals surface area contributed by atoms with Crippen LogP contribution in [0.1, 0.15) is 63.0 Å². The van der Waals surface area contributed by atoms with Crippen LogP contribution in [0.3, 0.4) is 0 Å². The monoisotopic (exact) mass is 613 g/mol. The van der Waals surface area contributed by atoms with Crippen molar-refractivity contribution in [3.8, 4) is 23.0 Å². The molecule has 8 nitrogen and oxygen atoms in total. The quantitative estimate of drug-likeness (QED) is 0.335. The van der Waals surface area contributed by atoms with Gasteiger partial charge in [0.1, 0.15) is 0 Å². The van der Waals surface area contributed by atoms with E-state index in [1.807, 2.05) is 45.0 Å². The lowest BCUT2D eigenvalue weighted by molar-refractivity contribution is -0.144. The number of methoxy groups -OCH3 is 4. The molecule has 0 bridgehead atoms. The molecule has 0 amide bonds. The Hall–Kier alpha value is -3.46. The second-order valence-corrected chi connectivity index (χ2v) is 10.8. The zero-order valence-electron chi connectivity index (χ0n) is 24.0. The second kappa shape index (κ2) is 12.4. The summed E-state index contributed by atoms with van der Waals surface area (Å²) in [5, 5.41) is 3.40. The van der Waals surface area contributed by atoms with E-state index in [-0.39, 0.29) is 24.2 Å². The van der Waals surface area contributed by atoms with Gasteiger partial charge in [0, 0.05) is 33.8 Å². The average Bonchev–Trinajstić information content (AvgIpc) is 2.95. The van der Waals surface area contributed by atoms with E-state index in [0.717, 1.165) is 16.8 Å². The number of dihydropyridines is 1.